The Bertz CT molecular complexity index is 1120. The number of fused-ring (bicyclic) bond motifs is 4. The van der Waals surface area contributed by atoms with Crippen LogP contribution in [0.4, 0.5) is 0 Å². The van der Waals surface area contributed by atoms with Crippen molar-refractivity contribution in [3.63, 3.8) is 0 Å². The zero-order valence-electron chi connectivity index (χ0n) is 21.2. The van der Waals surface area contributed by atoms with E-state index in [9.17, 15) is 14.7 Å². The van der Waals surface area contributed by atoms with Crippen molar-refractivity contribution in [2.45, 2.75) is 76.7 Å². The number of phenolic OH excluding ortho intramolecular Hbond substituents is 1. The van der Waals surface area contributed by atoms with Crippen LogP contribution in [0, 0.1) is 17.3 Å². The molecule has 2 amide bonds. The van der Waals surface area contributed by atoms with Gasteiger partial charge < -0.3 is 15.7 Å². The predicted octanol–water partition coefficient (Wildman–Crippen LogP) is 4.91. The van der Waals surface area contributed by atoms with Crippen LogP contribution in [-0.4, -0.2) is 34.4 Å². The average Bonchev–Trinajstić information content (AvgIpc) is 2.83. The summed E-state index contributed by atoms with van der Waals surface area (Å²) in [6, 6.07) is 15.8. The number of nitrogens with two attached hydrogens (primary N) is 1. The Morgan fingerprint density at radius 3 is 2.34 bits per heavy atom. The molecule has 3 atom stereocenters. The molecule has 186 valence electrons. The molecule has 1 saturated heterocycles. The van der Waals surface area contributed by atoms with E-state index in [2.05, 4.69) is 31.7 Å². The van der Waals surface area contributed by atoms with E-state index >= 15 is 0 Å². The summed E-state index contributed by atoms with van der Waals surface area (Å²) in [5.41, 5.74) is 8.88. The molecule has 0 aromatic heterocycles. The molecule has 0 radical (unpaired) electrons. The van der Waals surface area contributed by atoms with Gasteiger partial charge >= 0.3 is 0 Å². The van der Waals surface area contributed by atoms with Gasteiger partial charge in [-0.15, -0.1) is 0 Å². The van der Waals surface area contributed by atoms with Gasteiger partial charge in [-0.25, -0.2) is 0 Å². The van der Waals surface area contributed by atoms with Crippen LogP contribution in [0.5, 0.6) is 5.75 Å². The Kier molecular flexibility index (Phi) is 5.93. The highest BCUT2D eigenvalue weighted by Crippen LogP contribution is 2.57. The molecule has 0 spiro atoms. The van der Waals surface area contributed by atoms with Gasteiger partial charge in [0.2, 0.25) is 11.8 Å². The smallest absolute Gasteiger partial charge is 0.225 e. The molecule has 1 saturated carbocycles. The number of amides is 2. The first-order valence-electron chi connectivity index (χ1n) is 13.1. The third-order valence-corrected chi connectivity index (χ3v) is 9.97. The SMILES string of the molecule is CC1(C)[C@H]2Cc3c(O)cccc3[C@]1(C)CCN2C(=O)[C@H]1CC[C@@H](C(C(N)=O)c2ccccc2)CC1. The average molecular weight is 475 g/mol. The molecule has 3 N–H and O–H groups in total. The van der Waals surface area contributed by atoms with E-state index in [0.717, 1.165) is 49.8 Å². The van der Waals surface area contributed by atoms with Gasteiger partial charge in [-0.2, -0.15) is 0 Å². The molecule has 3 aliphatic rings. The number of primary amides is 1. The Morgan fingerprint density at radius 2 is 1.69 bits per heavy atom. The largest absolute Gasteiger partial charge is 0.508 e. The molecule has 2 aliphatic carbocycles. The van der Waals surface area contributed by atoms with Crippen molar-refractivity contribution < 1.29 is 14.7 Å². The zero-order valence-corrected chi connectivity index (χ0v) is 21.2. The monoisotopic (exact) mass is 474 g/mol. The molecule has 1 unspecified atom stereocenters. The van der Waals surface area contributed by atoms with Crippen molar-refractivity contribution in [2.75, 3.05) is 6.54 Å². The molecule has 35 heavy (non-hydrogen) atoms. The number of aromatic hydroxyl groups is 1. The van der Waals surface area contributed by atoms with E-state index in [0.29, 0.717) is 12.2 Å². The van der Waals surface area contributed by atoms with Gasteiger partial charge in [0.1, 0.15) is 5.75 Å². The summed E-state index contributed by atoms with van der Waals surface area (Å²) in [6.07, 6.45) is 4.85. The van der Waals surface area contributed by atoms with Crippen LogP contribution in [0.2, 0.25) is 0 Å². The maximum Gasteiger partial charge on any atom is 0.225 e. The second-order valence-corrected chi connectivity index (χ2v) is 11.8. The molecular weight excluding hydrogens is 436 g/mol. The second-order valence-electron chi connectivity index (χ2n) is 11.8. The molecule has 2 aromatic rings. The van der Waals surface area contributed by atoms with Crippen LogP contribution in [0.15, 0.2) is 48.5 Å². The van der Waals surface area contributed by atoms with Crippen LogP contribution in [0.1, 0.15) is 75.5 Å². The lowest BCUT2D eigenvalue weighted by Crippen LogP contribution is -2.65. The number of nitrogens with zero attached hydrogens (tertiary/aromatic N) is 1. The summed E-state index contributed by atoms with van der Waals surface area (Å²) in [5, 5.41) is 10.6. The van der Waals surface area contributed by atoms with Crippen molar-refractivity contribution in [3.8, 4) is 5.75 Å². The standard InChI is InChI=1S/C30H38N2O3/c1-29(2)25-18-22-23(10-7-11-24(22)33)30(29,3)16-17-32(25)28(35)21-14-12-20(13-15-21)26(27(31)34)19-8-5-4-6-9-19/h4-11,20-21,25-26,33H,12-18H2,1-3H3,(H2,31,34)/t20-,21+,25-,26?,30+/m1/s1. The van der Waals surface area contributed by atoms with E-state index in [1.54, 1.807) is 6.07 Å². The molecule has 5 rings (SSSR count). The Morgan fingerprint density at radius 1 is 1.00 bits per heavy atom. The fourth-order valence-electron chi connectivity index (χ4n) is 7.45. The van der Waals surface area contributed by atoms with Crippen LogP contribution in [-0.2, 0) is 21.4 Å². The van der Waals surface area contributed by atoms with E-state index in [1.807, 2.05) is 36.4 Å². The summed E-state index contributed by atoms with van der Waals surface area (Å²) in [4.78, 5) is 28.4. The first kappa shape index (κ1) is 23.9. The summed E-state index contributed by atoms with van der Waals surface area (Å²) in [7, 11) is 0. The third kappa shape index (κ3) is 3.75. The van der Waals surface area contributed by atoms with Gasteiger partial charge in [0.05, 0.1) is 5.92 Å². The minimum absolute atomic E-state index is 0.0125. The number of benzene rings is 2. The molecule has 2 aromatic carbocycles. The van der Waals surface area contributed by atoms with Crippen molar-refractivity contribution in [1.82, 2.24) is 4.90 Å². The molecule has 5 nitrogen and oxygen atoms in total. The Hall–Kier alpha value is -2.82. The van der Waals surface area contributed by atoms with Gasteiger partial charge in [0, 0.05) is 23.9 Å². The van der Waals surface area contributed by atoms with Crippen molar-refractivity contribution in [3.05, 3.63) is 65.2 Å². The highest BCUT2D eigenvalue weighted by molar-refractivity contribution is 5.83. The number of hydrogen-bond acceptors (Lipinski definition) is 3. The zero-order chi connectivity index (χ0) is 25.0. The van der Waals surface area contributed by atoms with E-state index in [-0.39, 0.29) is 46.4 Å². The third-order valence-electron chi connectivity index (χ3n) is 9.97. The van der Waals surface area contributed by atoms with Crippen LogP contribution in [0.25, 0.3) is 0 Å². The van der Waals surface area contributed by atoms with Gasteiger partial charge in [-0.05, 0) is 72.6 Å². The predicted molar refractivity (Wildman–Crippen MR) is 137 cm³/mol. The molecule has 1 heterocycles. The van der Waals surface area contributed by atoms with Crippen molar-refractivity contribution in [1.29, 1.82) is 0 Å². The number of hydrogen-bond donors (Lipinski definition) is 2. The molecule has 5 heteroatoms. The first-order chi connectivity index (χ1) is 16.6. The molecule has 1 aliphatic heterocycles. The van der Waals surface area contributed by atoms with Crippen LogP contribution in [0.3, 0.4) is 0 Å². The minimum atomic E-state index is -0.292. The lowest BCUT2D eigenvalue weighted by atomic mass is 9.51. The molecular formula is C30H38N2O3. The summed E-state index contributed by atoms with van der Waals surface area (Å²) < 4.78 is 0. The summed E-state index contributed by atoms with van der Waals surface area (Å²) in [5.74, 6) is 0.198. The Labute approximate surface area is 208 Å². The first-order valence-corrected chi connectivity index (χ1v) is 13.1. The van der Waals surface area contributed by atoms with E-state index < -0.39 is 0 Å². The minimum Gasteiger partial charge on any atom is -0.508 e. The number of carbonyl (C=O) groups is 2. The number of phenols is 1. The lowest BCUT2D eigenvalue weighted by Gasteiger charge is -2.61. The number of piperidine rings is 1. The summed E-state index contributed by atoms with van der Waals surface area (Å²) in [6.45, 7) is 7.64. The van der Waals surface area contributed by atoms with Gasteiger partial charge in [0.15, 0.2) is 0 Å². The summed E-state index contributed by atoms with van der Waals surface area (Å²) >= 11 is 0. The van der Waals surface area contributed by atoms with E-state index in [1.165, 1.54) is 5.56 Å². The number of carbonyl (C=O) groups excluding carboxylic acids is 2. The highest BCUT2D eigenvalue weighted by Gasteiger charge is 2.57. The van der Waals surface area contributed by atoms with Crippen LogP contribution < -0.4 is 5.73 Å². The normalized spacial score (nSPS) is 30.3. The highest BCUT2D eigenvalue weighted by atomic mass is 16.3. The maximum absolute atomic E-state index is 13.9. The van der Waals surface area contributed by atoms with Gasteiger partial charge in [-0.1, -0.05) is 63.2 Å². The van der Waals surface area contributed by atoms with Crippen molar-refractivity contribution in [2.24, 2.45) is 23.0 Å². The molecule has 2 bridgehead atoms. The van der Waals surface area contributed by atoms with Gasteiger partial charge in [0.25, 0.3) is 0 Å². The van der Waals surface area contributed by atoms with Crippen LogP contribution >= 0.6 is 0 Å². The van der Waals surface area contributed by atoms with Gasteiger partial charge in [-0.3, -0.25) is 9.59 Å². The van der Waals surface area contributed by atoms with Crippen molar-refractivity contribution >= 4 is 11.8 Å². The Balaban J connectivity index is 1.33. The van der Waals surface area contributed by atoms with E-state index in [4.69, 9.17) is 5.73 Å². The fourth-order valence-corrected chi connectivity index (χ4v) is 7.45. The number of rotatable bonds is 4. The topological polar surface area (TPSA) is 83.6 Å². The fraction of sp³-hybridized carbons (Fsp3) is 0.533. The number of likely N-dealkylation sites (tertiary alicyclic amines) is 1. The second kappa shape index (κ2) is 8.69. The quantitative estimate of drug-likeness (QED) is 0.660. The maximum atomic E-state index is 13.9. The molecule has 2 fully saturated rings. The lowest BCUT2D eigenvalue weighted by molar-refractivity contribution is -0.149.